The second kappa shape index (κ2) is 9.24. The fraction of sp³-hybridized carbons (Fsp3) is 0.100. The van der Waals surface area contributed by atoms with E-state index in [1.807, 2.05) is 42.5 Å². The lowest BCUT2D eigenvalue weighted by molar-refractivity contribution is -0.122. The summed E-state index contributed by atoms with van der Waals surface area (Å²) in [6, 6.07) is 13.9. The zero-order valence-corrected chi connectivity index (χ0v) is 19.3. The second-order valence-electron chi connectivity index (χ2n) is 5.69. The van der Waals surface area contributed by atoms with Crippen LogP contribution in [0.1, 0.15) is 11.1 Å². The lowest BCUT2D eigenvalue weighted by Gasteiger charge is -2.09. The zero-order chi connectivity index (χ0) is 19.4. The molecule has 1 aliphatic rings. The molecule has 7 heteroatoms. The number of amides is 2. The van der Waals surface area contributed by atoms with E-state index < -0.39 is 0 Å². The minimum Gasteiger partial charge on any atom is -0.488 e. The van der Waals surface area contributed by atoms with Crippen molar-refractivity contribution in [3.8, 4) is 5.75 Å². The van der Waals surface area contributed by atoms with Crippen molar-refractivity contribution < 1.29 is 14.3 Å². The van der Waals surface area contributed by atoms with Gasteiger partial charge in [0.05, 0.1) is 8.48 Å². The molecule has 1 fully saturated rings. The van der Waals surface area contributed by atoms with Crippen LogP contribution in [-0.2, 0) is 11.4 Å². The monoisotopic (exact) mass is 603 g/mol. The topological polar surface area (TPSA) is 46.6 Å². The van der Waals surface area contributed by atoms with Crippen molar-refractivity contribution in [1.29, 1.82) is 0 Å². The maximum atomic E-state index is 12.3. The molecule has 1 aliphatic heterocycles. The predicted octanol–water partition coefficient (Wildman–Crippen LogP) is 5.70. The lowest BCUT2D eigenvalue weighted by Crippen LogP contribution is -2.27. The summed E-state index contributed by atoms with van der Waals surface area (Å²) in [5, 5.41) is -0.265. The summed E-state index contributed by atoms with van der Waals surface area (Å²) in [5.74, 6) is 0.505. The molecule has 0 N–H and O–H groups in total. The average molecular weight is 603 g/mol. The molecule has 0 bridgehead atoms. The minimum absolute atomic E-state index is 0.227. The van der Waals surface area contributed by atoms with Crippen molar-refractivity contribution in [2.45, 2.75) is 6.61 Å². The van der Waals surface area contributed by atoms with Crippen LogP contribution in [0.2, 0.25) is 0 Å². The van der Waals surface area contributed by atoms with Crippen molar-refractivity contribution in [3.05, 3.63) is 78.3 Å². The van der Waals surface area contributed by atoms with Gasteiger partial charge < -0.3 is 4.74 Å². The first-order valence-corrected chi connectivity index (χ1v) is 11.0. The van der Waals surface area contributed by atoms with Crippen LogP contribution < -0.4 is 4.74 Å². The van der Waals surface area contributed by atoms with Gasteiger partial charge in [-0.3, -0.25) is 14.5 Å². The van der Waals surface area contributed by atoms with Crippen LogP contribution in [0.4, 0.5) is 4.79 Å². The Balaban J connectivity index is 1.71. The van der Waals surface area contributed by atoms with E-state index in [4.69, 9.17) is 4.74 Å². The van der Waals surface area contributed by atoms with Gasteiger partial charge in [-0.1, -0.05) is 24.3 Å². The maximum absolute atomic E-state index is 12.3. The van der Waals surface area contributed by atoms with Crippen LogP contribution >= 0.6 is 56.9 Å². The first kappa shape index (κ1) is 20.4. The molecule has 138 valence electrons. The molecular formula is C20H15I2NO3S. The highest BCUT2D eigenvalue weighted by atomic mass is 127. The highest BCUT2D eigenvalue weighted by Gasteiger charge is 2.34. The van der Waals surface area contributed by atoms with Crippen molar-refractivity contribution >= 4 is 74.2 Å². The van der Waals surface area contributed by atoms with Gasteiger partial charge in [0.15, 0.2) is 0 Å². The van der Waals surface area contributed by atoms with E-state index in [1.54, 1.807) is 12.2 Å². The van der Waals surface area contributed by atoms with E-state index in [-0.39, 0.29) is 17.7 Å². The van der Waals surface area contributed by atoms with Gasteiger partial charge in [-0.25, -0.2) is 0 Å². The van der Waals surface area contributed by atoms with E-state index in [0.717, 1.165) is 32.2 Å². The average Bonchev–Trinajstić information content (AvgIpc) is 2.90. The number of hydrogen-bond acceptors (Lipinski definition) is 4. The number of thioether (sulfide) groups is 1. The van der Waals surface area contributed by atoms with E-state index >= 15 is 0 Å². The van der Waals surface area contributed by atoms with Crippen molar-refractivity contribution in [2.24, 2.45) is 0 Å². The quantitative estimate of drug-likeness (QED) is 0.242. The number of hydrogen-bond donors (Lipinski definition) is 0. The van der Waals surface area contributed by atoms with Gasteiger partial charge in [0.2, 0.25) is 0 Å². The third kappa shape index (κ3) is 5.14. The van der Waals surface area contributed by atoms with Crippen LogP contribution in [0.25, 0.3) is 6.08 Å². The van der Waals surface area contributed by atoms with Gasteiger partial charge in [0, 0.05) is 10.1 Å². The Hall–Kier alpha value is -1.33. The summed E-state index contributed by atoms with van der Waals surface area (Å²) < 4.78 is 8.03. The first-order chi connectivity index (χ1) is 13.0. The van der Waals surface area contributed by atoms with Gasteiger partial charge in [-0.2, -0.15) is 0 Å². The minimum atomic E-state index is -0.279. The van der Waals surface area contributed by atoms with Crippen LogP contribution in [0.3, 0.4) is 0 Å². The summed E-state index contributed by atoms with van der Waals surface area (Å²) >= 11 is 5.43. The Labute approximate surface area is 189 Å². The normalized spacial score (nSPS) is 15.5. The first-order valence-electron chi connectivity index (χ1n) is 8.01. The van der Waals surface area contributed by atoms with Crippen molar-refractivity contribution in [1.82, 2.24) is 4.90 Å². The largest absolute Gasteiger partial charge is 0.488 e. The molecule has 0 radical (unpaired) electrons. The Kier molecular flexibility index (Phi) is 6.99. The Morgan fingerprint density at radius 3 is 2.52 bits per heavy atom. The van der Waals surface area contributed by atoms with E-state index in [2.05, 4.69) is 51.8 Å². The lowest BCUT2D eigenvalue weighted by atomic mass is 10.2. The molecule has 1 saturated heterocycles. The standard InChI is InChI=1S/C20H15I2NO3S/c1-2-9-23-19(24)18(27-20(23)25)11-14-5-8-17(16(22)10-14)26-12-13-3-6-15(21)7-4-13/h2-8,10-11H,1,9,12H2/b18-11+. The summed E-state index contributed by atoms with van der Waals surface area (Å²) in [6.45, 7) is 4.30. The molecular weight excluding hydrogens is 588 g/mol. The van der Waals surface area contributed by atoms with E-state index in [1.165, 1.54) is 8.47 Å². The van der Waals surface area contributed by atoms with E-state index in [0.29, 0.717) is 11.5 Å². The second-order valence-corrected chi connectivity index (χ2v) is 9.09. The fourth-order valence-electron chi connectivity index (χ4n) is 2.40. The fourth-order valence-corrected chi connectivity index (χ4v) is 4.31. The Morgan fingerprint density at radius 1 is 1.11 bits per heavy atom. The number of benzene rings is 2. The van der Waals surface area contributed by atoms with Crippen LogP contribution in [0.5, 0.6) is 5.75 Å². The van der Waals surface area contributed by atoms with Gasteiger partial charge in [-0.15, -0.1) is 6.58 Å². The summed E-state index contributed by atoms with van der Waals surface area (Å²) in [7, 11) is 0. The molecule has 3 rings (SSSR count). The van der Waals surface area contributed by atoms with Crippen LogP contribution in [0, 0.1) is 7.14 Å². The summed E-state index contributed by atoms with van der Waals surface area (Å²) in [6.07, 6.45) is 3.28. The van der Waals surface area contributed by atoms with Gasteiger partial charge in [-0.05, 0) is 98.4 Å². The summed E-state index contributed by atoms with van der Waals surface area (Å²) in [5.41, 5.74) is 1.95. The molecule has 2 aromatic carbocycles. The number of carbonyl (C=O) groups is 2. The highest BCUT2D eigenvalue weighted by molar-refractivity contribution is 14.1. The molecule has 2 amide bonds. The maximum Gasteiger partial charge on any atom is 0.293 e. The number of carbonyl (C=O) groups excluding carboxylic acids is 2. The number of ether oxygens (including phenoxy) is 1. The molecule has 1 heterocycles. The Morgan fingerprint density at radius 2 is 1.85 bits per heavy atom. The molecule has 0 unspecified atom stereocenters. The molecule has 0 saturated carbocycles. The molecule has 0 aromatic heterocycles. The summed E-state index contributed by atoms with van der Waals surface area (Å²) in [4.78, 5) is 25.8. The number of nitrogens with zero attached hydrogens (tertiary/aromatic N) is 1. The molecule has 27 heavy (non-hydrogen) atoms. The van der Waals surface area contributed by atoms with Gasteiger partial charge in [0.1, 0.15) is 12.4 Å². The number of rotatable bonds is 6. The third-order valence-electron chi connectivity index (χ3n) is 3.75. The van der Waals surface area contributed by atoms with E-state index in [9.17, 15) is 9.59 Å². The van der Waals surface area contributed by atoms with Gasteiger partial charge in [0.25, 0.3) is 11.1 Å². The molecule has 0 spiro atoms. The third-order valence-corrected chi connectivity index (χ3v) is 6.22. The van der Waals surface area contributed by atoms with Crippen molar-refractivity contribution in [3.63, 3.8) is 0 Å². The number of halogens is 2. The number of imide groups is 1. The zero-order valence-electron chi connectivity index (χ0n) is 14.2. The van der Waals surface area contributed by atoms with Crippen molar-refractivity contribution in [2.75, 3.05) is 6.54 Å². The predicted molar refractivity (Wildman–Crippen MR) is 126 cm³/mol. The highest BCUT2D eigenvalue weighted by Crippen LogP contribution is 2.33. The van der Waals surface area contributed by atoms with Crippen LogP contribution in [-0.4, -0.2) is 22.6 Å². The molecule has 4 nitrogen and oxygen atoms in total. The van der Waals surface area contributed by atoms with Crippen LogP contribution in [0.15, 0.2) is 60.0 Å². The smallest absolute Gasteiger partial charge is 0.293 e. The molecule has 0 atom stereocenters. The Bertz CT molecular complexity index is 925. The molecule has 2 aromatic rings. The van der Waals surface area contributed by atoms with Gasteiger partial charge >= 0.3 is 0 Å². The SMILES string of the molecule is C=CCN1C(=O)S/C(=C/c2ccc(OCc3ccc(I)cc3)c(I)c2)C1=O. The molecule has 0 aliphatic carbocycles.